The molecule has 0 saturated carbocycles. The Hall–Kier alpha value is -1.87. The van der Waals surface area contributed by atoms with Gasteiger partial charge in [0.15, 0.2) is 0 Å². The van der Waals surface area contributed by atoms with Crippen LogP contribution in [0.25, 0.3) is 0 Å². The highest BCUT2D eigenvalue weighted by Crippen LogP contribution is 2.28. The zero-order valence-corrected chi connectivity index (χ0v) is 12.6. The Labute approximate surface area is 124 Å². The van der Waals surface area contributed by atoms with Gasteiger partial charge in [0.2, 0.25) is 0 Å². The lowest BCUT2D eigenvalue weighted by Gasteiger charge is -2.12. The van der Waals surface area contributed by atoms with Gasteiger partial charge >= 0.3 is 0 Å². The molecule has 0 spiro atoms. The number of methoxy groups -OCH3 is 2. The molecule has 0 radical (unpaired) electrons. The van der Waals surface area contributed by atoms with Gasteiger partial charge in [-0.25, -0.2) is 0 Å². The topological polar surface area (TPSA) is 30.5 Å². The summed E-state index contributed by atoms with van der Waals surface area (Å²) in [5, 5.41) is 4.02. The highest BCUT2D eigenvalue weighted by atomic mass is 35.5. The van der Waals surface area contributed by atoms with Crippen LogP contribution < -0.4 is 14.8 Å². The van der Waals surface area contributed by atoms with Crippen LogP contribution in [0.15, 0.2) is 36.4 Å². The first kappa shape index (κ1) is 14.5. The molecule has 2 rings (SSSR count). The molecule has 1 N–H and O–H groups in total. The fourth-order valence-corrected chi connectivity index (χ4v) is 2.24. The average Bonchev–Trinajstić information content (AvgIpc) is 2.45. The molecule has 3 nitrogen and oxygen atoms in total. The summed E-state index contributed by atoms with van der Waals surface area (Å²) in [6.45, 7) is 2.73. The summed E-state index contributed by atoms with van der Waals surface area (Å²) in [7, 11) is 3.32. The molecule has 106 valence electrons. The van der Waals surface area contributed by atoms with Gasteiger partial charge in [0, 0.05) is 11.6 Å². The third-order valence-electron chi connectivity index (χ3n) is 3.10. The van der Waals surface area contributed by atoms with Crippen molar-refractivity contribution >= 4 is 17.3 Å². The second-order valence-electron chi connectivity index (χ2n) is 4.50. The monoisotopic (exact) mass is 291 g/mol. The molecule has 0 aliphatic carbocycles. The summed E-state index contributed by atoms with van der Waals surface area (Å²) >= 11 is 6.01. The summed E-state index contributed by atoms with van der Waals surface area (Å²) < 4.78 is 10.6. The Morgan fingerprint density at radius 3 is 2.35 bits per heavy atom. The van der Waals surface area contributed by atoms with Gasteiger partial charge in [0.25, 0.3) is 0 Å². The Balaban J connectivity index is 2.12. The SMILES string of the molecule is COc1ccc(CNc2cc(Cl)ccc2OC)cc1C. The molecule has 0 aliphatic heterocycles. The lowest BCUT2D eigenvalue weighted by molar-refractivity contribution is 0.411. The second-order valence-corrected chi connectivity index (χ2v) is 4.94. The van der Waals surface area contributed by atoms with Crippen LogP contribution >= 0.6 is 11.6 Å². The first-order valence-corrected chi connectivity index (χ1v) is 6.72. The highest BCUT2D eigenvalue weighted by molar-refractivity contribution is 6.30. The number of hydrogen-bond donors (Lipinski definition) is 1. The van der Waals surface area contributed by atoms with E-state index < -0.39 is 0 Å². The second kappa shape index (κ2) is 6.53. The van der Waals surface area contributed by atoms with E-state index in [1.165, 1.54) is 5.56 Å². The molecular weight excluding hydrogens is 274 g/mol. The highest BCUT2D eigenvalue weighted by Gasteiger charge is 2.05. The molecule has 0 unspecified atom stereocenters. The van der Waals surface area contributed by atoms with Gasteiger partial charge in [-0.1, -0.05) is 23.7 Å². The third-order valence-corrected chi connectivity index (χ3v) is 3.34. The van der Waals surface area contributed by atoms with E-state index in [1.54, 1.807) is 14.2 Å². The number of rotatable bonds is 5. The van der Waals surface area contributed by atoms with E-state index in [0.29, 0.717) is 11.6 Å². The van der Waals surface area contributed by atoms with Crippen molar-refractivity contribution in [2.24, 2.45) is 0 Å². The van der Waals surface area contributed by atoms with Crippen molar-refractivity contribution in [1.29, 1.82) is 0 Å². The van der Waals surface area contributed by atoms with Crippen molar-refractivity contribution in [3.8, 4) is 11.5 Å². The normalized spacial score (nSPS) is 10.2. The predicted molar refractivity (Wildman–Crippen MR) is 83.1 cm³/mol. The van der Waals surface area contributed by atoms with Crippen molar-refractivity contribution in [2.45, 2.75) is 13.5 Å². The van der Waals surface area contributed by atoms with Crippen molar-refractivity contribution < 1.29 is 9.47 Å². The number of nitrogens with one attached hydrogen (secondary N) is 1. The Morgan fingerprint density at radius 2 is 1.70 bits per heavy atom. The van der Waals surface area contributed by atoms with Crippen LogP contribution in [0.4, 0.5) is 5.69 Å². The number of benzene rings is 2. The molecule has 0 aromatic heterocycles. The van der Waals surface area contributed by atoms with Gasteiger partial charge in [-0.2, -0.15) is 0 Å². The van der Waals surface area contributed by atoms with Gasteiger partial charge in [-0.3, -0.25) is 0 Å². The Kier molecular flexibility index (Phi) is 4.74. The summed E-state index contributed by atoms with van der Waals surface area (Å²) in [4.78, 5) is 0. The summed E-state index contributed by atoms with van der Waals surface area (Å²) in [6.07, 6.45) is 0. The fraction of sp³-hybridized carbons (Fsp3) is 0.250. The van der Waals surface area contributed by atoms with Crippen LogP contribution in [0.5, 0.6) is 11.5 Å². The fourth-order valence-electron chi connectivity index (χ4n) is 2.07. The van der Waals surface area contributed by atoms with Gasteiger partial charge in [0.05, 0.1) is 19.9 Å². The first-order valence-electron chi connectivity index (χ1n) is 6.35. The summed E-state index contributed by atoms with van der Waals surface area (Å²) in [5.74, 6) is 1.67. The lowest BCUT2D eigenvalue weighted by atomic mass is 10.1. The minimum absolute atomic E-state index is 0.680. The maximum Gasteiger partial charge on any atom is 0.142 e. The number of hydrogen-bond acceptors (Lipinski definition) is 3. The summed E-state index contributed by atoms with van der Waals surface area (Å²) in [6, 6.07) is 11.6. The van der Waals surface area contributed by atoms with Crippen LogP contribution in [0.3, 0.4) is 0 Å². The molecule has 0 heterocycles. The predicted octanol–water partition coefficient (Wildman–Crippen LogP) is 4.28. The minimum atomic E-state index is 0.680. The molecule has 0 saturated heterocycles. The van der Waals surface area contributed by atoms with Gasteiger partial charge in [-0.05, 0) is 42.3 Å². The van der Waals surface area contributed by atoms with E-state index >= 15 is 0 Å². The molecule has 4 heteroatoms. The van der Waals surface area contributed by atoms with Crippen molar-refractivity contribution in [2.75, 3.05) is 19.5 Å². The Bertz CT molecular complexity index is 599. The number of ether oxygens (including phenoxy) is 2. The standard InChI is InChI=1S/C16H18ClNO2/c1-11-8-12(4-6-15(11)19-2)10-18-14-9-13(17)5-7-16(14)20-3/h4-9,18H,10H2,1-3H3. The maximum absolute atomic E-state index is 6.01. The minimum Gasteiger partial charge on any atom is -0.496 e. The zero-order valence-electron chi connectivity index (χ0n) is 11.9. The molecule has 2 aromatic rings. The maximum atomic E-state index is 6.01. The number of anilines is 1. The van der Waals surface area contributed by atoms with Crippen molar-refractivity contribution in [3.05, 3.63) is 52.5 Å². The molecule has 20 heavy (non-hydrogen) atoms. The van der Waals surface area contributed by atoms with Crippen LogP contribution in [-0.4, -0.2) is 14.2 Å². The number of aryl methyl sites for hydroxylation is 1. The van der Waals surface area contributed by atoms with Crippen LogP contribution in [-0.2, 0) is 6.54 Å². The first-order chi connectivity index (χ1) is 9.63. The van der Waals surface area contributed by atoms with Gasteiger partial charge < -0.3 is 14.8 Å². The van der Waals surface area contributed by atoms with Crippen molar-refractivity contribution in [1.82, 2.24) is 0 Å². The molecule has 2 aromatic carbocycles. The molecule has 0 aliphatic rings. The summed E-state index contributed by atoms with van der Waals surface area (Å²) in [5.41, 5.74) is 3.17. The molecule has 0 atom stereocenters. The molecular formula is C16H18ClNO2. The van der Waals surface area contributed by atoms with Gasteiger partial charge in [0.1, 0.15) is 11.5 Å². The largest absolute Gasteiger partial charge is 0.496 e. The van der Waals surface area contributed by atoms with Gasteiger partial charge in [-0.15, -0.1) is 0 Å². The van der Waals surface area contributed by atoms with Crippen molar-refractivity contribution in [3.63, 3.8) is 0 Å². The lowest BCUT2D eigenvalue weighted by Crippen LogP contribution is -2.02. The van der Waals surface area contributed by atoms with E-state index in [4.69, 9.17) is 21.1 Å². The average molecular weight is 292 g/mol. The molecule has 0 bridgehead atoms. The zero-order chi connectivity index (χ0) is 14.5. The van der Waals surface area contributed by atoms with E-state index in [2.05, 4.69) is 11.4 Å². The van der Waals surface area contributed by atoms with E-state index in [-0.39, 0.29) is 0 Å². The van der Waals surface area contributed by atoms with Crippen LogP contribution in [0, 0.1) is 6.92 Å². The molecule has 0 amide bonds. The Morgan fingerprint density at radius 1 is 1.00 bits per heavy atom. The smallest absolute Gasteiger partial charge is 0.142 e. The number of halogens is 1. The molecule has 0 fully saturated rings. The van der Waals surface area contributed by atoms with E-state index in [1.807, 2.05) is 37.3 Å². The van der Waals surface area contributed by atoms with E-state index in [9.17, 15) is 0 Å². The van der Waals surface area contributed by atoms with Crippen LogP contribution in [0.2, 0.25) is 5.02 Å². The third kappa shape index (κ3) is 3.36. The quantitative estimate of drug-likeness (QED) is 0.892. The van der Waals surface area contributed by atoms with Crippen LogP contribution in [0.1, 0.15) is 11.1 Å². The van der Waals surface area contributed by atoms with E-state index in [0.717, 1.165) is 22.7 Å².